The van der Waals surface area contributed by atoms with Gasteiger partial charge in [0.2, 0.25) is 11.7 Å². The van der Waals surface area contributed by atoms with E-state index in [9.17, 15) is 9.59 Å². The lowest BCUT2D eigenvalue weighted by Crippen LogP contribution is -2.24. The zero-order chi connectivity index (χ0) is 21.3. The summed E-state index contributed by atoms with van der Waals surface area (Å²) in [7, 11) is 4.63. The maximum Gasteiger partial charge on any atom is 0.270 e. The van der Waals surface area contributed by atoms with Crippen molar-refractivity contribution in [2.45, 2.75) is 24.1 Å². The Labute approximate surface area is 178 Å². The summed E-state index contributed by atoms with van der Waals surface area (Å²) in [5, 5.41) is 5.46. The Morgan fingerprint density at radius 3 is 2.47 bits per heavy atom. The van der Waals surface area contributed by atoms with Gasteiger partial charge in [-0.1, -0.05) is 0 Å². The Hall–Kier alpha value is -2.59. The summed E-state index contributed by atoms with van der Waals surface area (Å²) in [6, 6.07) is 3.69. The number of ether oxygens (including phenoxy) is 4. The fraction of sp³-hybridized carbons (Fsp3) is 0.500. The molecule has 10 heteroatoms. The van der Waals surface area contributed by atoms with Gasteiger partial charge in [0.1, 0.15) is 5.82 Å². The predicted molar refractivity (Wildman–Crippen MR) is 113 cm³/mol. The molecule has 1 aromatic heterocycles. The monoisotopic (exact) mass is 435 g/mol. The normalized spacial score (nSPS) is 19.6. The zero-order valence-corrected chi connectivity index (χ0v) is 18.0. The minimum absolute atomic E-state index is 0.0616. The number of hydrogen-bond donors (Lipinski definition) is 2. The third-order valence-electron chi connectivity index (χ3n) is 5.44. The van der Waals surface area contributed by atoms with E-state index in [1.165, 1.54) is 18.9 Å². The summed E-state index contributed by atoms with van der Waals surface area (Å²) in [5.74, 6) is 2.03. The predicted octanol–water partition coefficient (Wildman–Crippen LogP) is 2.33. The molecular weight excluding hydrogens is 410 g/mol. The number of hydrogen-bond acceptors (Lipinski definition) is 7. The number of amides is 1. The number of H-pyrrole nitrogens is 1. The Morgan fingerprint density at radius 2 is 1.80 bits per heavy atom. The first-order chi connectivity index (χ1) is 14.6. The molecule has 0 radical (unpaired) electrons. The van der Waals surface area contributed by atoms with Crippen LogP contribution in [0, 0.1) is 0 Å². The minimum Gasteiger partial charge on any atom is -0.493 e. The number of anilines is 1. The van der Waals surface area contributed by atoms with Gasteiger partial charge in [-0.25, -0.2) is 0 Å². The van der Waals surface area contributed by atoms with Gasteiger partial charge in [-0.15, -0.1) is 11.8 Å². The lowest BCUT2D eigenvalue weighted by molar-refractivity contribution is -0.113. The van der Waals surface area contributed by atoms with Gasteiger partial charge in [-0.3, -0.25) is 19.4 Å². The van der Waals surface area contributed by atoms with Crippen LogP contribution < -0.4 is 25.1 Å². The van der Waals surface area contributed by atoms with E-state index in [1.54, 1.807) is 25.0 Å². The van der Waals surface area contributed by atoms with Crippen molar-refractivity contribution in [3.63, 3.8) is 0 Å². The summed E-state index contributed by atoms with van der Waals surface area (Å²) >= 11 is 1.38. The van der Waals surface area contributed by atoms with Crippen LogP contribution in [0.25, 0.3) is 0 Å². The fourth-order valence-electron chi connectivity index (χ4n) is 4.04. The number of thioether (sulfide) groups is 1. The van der Waals surface area contributed by atoms with Gasteiger partial charge < -0.3 is 24.3 Å². The average Bonchev–Trinajstić information content (AvgIpc) is 2.98. The molecule has 1 aromatic carbocycles. The minimum atomic E-state index is -0.418. The molecule has 9 nitrogen and oxygen atoms in total. The van der Waals surface area contributed by atoms with Gasteiger partial charge in [-0.05, 0) is 25.0 Å². The van der Waals surface area contributed by atoms with Crippen molar-refractivity contribution in [1.82, 2.24) is 9.78 Å². The van der Waals surface area contributed by atoms with E-state index in [-0.39, 0.29) is 23.3 Å². The molecule has 162 valence electrons. The van der Waals surface area contributed by atoms with Crippen LogP contribution in [0.5, 0.6) is 17.2 Å². The molecule has 1 atom stereocenters. The zero-order valence-electron chi connectivity index (χ0n) is 17.1. The van der Waals surface area contributed by atoms with Gasteiger partial charge in [0, 0.05) is 18.8 Å². The third-order valence-corrected chi connectivity index (χ3v) is 6.69. The highest BCUT2D eigenvalue weighted by atomic mass is 32.2. The van der Waals surface area contributed by atoms with Crippen LogP contribution in [-0.2, 0) is 9.53 Å². The van der Waals surface area contributed by atoms with Crippen molar-refractivity contribution in [2.24, 2.45) is 0 Å². The Kier molecular flexibility index (Phi) is 5.96. The number of carbonyl (C=O) groups is 1. The SMILES string of the molecule is COc1ccc([C@H]2SCC(=O)Nc3c2c(=O)[nH]n3C2CCOCC2)c(OC)c1OC. The van der Waals surface area contributed by atoms with E-state index in [1.807, 2.05) is 6.07 Å². The molecule has 2 aliphatic heterocycles. The highest BCUT2D eigenvalue weighted by molar-refractivity contribution is 8.00. The lowest BCUT2D eigenvalue weighted by atomic mass is 10.0. The van der Waals surface area contributed by atoms with E-state index in [0.717, 1.165) is 18.4 Å². The summed E-state index contributed by atoms with van der Waals surface area (Å²) in [6.45, 7) is 1.24. The van der Waals surface area contributed by atoms with E-state index < -0.39 is 5.25 Å². The van der Waals surface area contributed by atoms with Crippen LogP contribution in [0.3, 0.4) is 0 Å². The number of carbonyl (C=O) groups excluding carboxylic acids is 1. The van der Waals surface area contributed by atoms with E-state index in [2.05, 4.69) is 10.4 Å². The van der Waals surface area contributed by atoms with Crippen molar-refractivity contribution in [1.29, 1.82) is 0 Å². The number of aromatic amines is 1. The first-order valence-corrected chi connectivity index (χ1v) is 10.8. The Bertz CT molecular complexity index is 995. The maximum absolute atomic E-state index is 13.1. The number of rotatable bonds is 5. The Morgan fingerprint density at radius 1 is 1.07 bits per heavy atom. The molecule has 0 unspecified atom stereocenters. The number of nitrogens with zero attached hydrogens (tertiary/aromatic N) is 1. The van der Waals surface area contributed by atoms with Crippen molar-refractivity contribution < 1.29 is 23.7 Å². The third kappa shape index (κ3) is 3.54. The second-order valence-electron chi connectivity index (χ2n) is 7.08. The molecule has 3 heterocycles. The van der Waals surface area contributed by atoms with Crippen LogP contribution in [0.2, 0.25) is 0 Å². The summed E-state index contributed by atoms with van der Waals surface area (Å²) in [4.78, 5) is 25.6. The molecule has 2 N–H and O–H groups in total. The van der Waals surface area contributed by atoms with Crippen LogP contribution in [0.15, 0.2) is 16.9 Å². The Balaban J connectivity index is 1.87. The molecule has 30 heavy (non-hydrogen) atoms. The van der Waals surface area contributed by atoms with Crippen molar-refractivity contribution in [3.8, 4) is 17.2 Å². The highest BCUT2D eigenvalue weighted by Gasteiger charge is 2.35. The molecule has 2 aromatic rings. The molecule has 1 saturated heterocycles. The van der Waals surface area contributed by atoms with Crippen LogP contribution in [0.4, 0.5) is 5.82 Å². The van der Waals surface area contributed by atoms with Crippen molar-refractivity contribution in [3.05, 3.63) is 33.6 Å². The number of methoxy groups -OCH3 is 3. The number of nitrogens with one attached hydrogen (secondary N) is 2. The first kappa shape index (κ1) is 20.7. The summed E-state index contributed by atoms with van der Waals surface area (Å²) < 4.78 is 23.8. The number of benzene rings is 1. The maximum atomic E-state index is 13.1. The lowest BCUT2D eigenvalue weighted by Gasteiger charge is -2.25. The largest absolute Gasteiger partial charge is 0.493 e. The van der Waals surface area contributed by atoms with Crippen LogP contribution in [0.1, 0.15) is 35.3 Å². The average molecular weight is 436 g/mol. The molecule has 0 saturated carbocycles. The topological polar surface area (TPSA) is 104 Å². The van der Waals surface area contributed by atoms with Crippen LogP contribution >= 0.6 is 11.8 Å². The van der Waals surface area contributed by atoms with Gasteiger partial charge >= 0.3 is 0 Å². The van der Waals surface area contributed by atoms with E-state index in [4.69, 9.17) is 18.9 Å². The first-order valence-electron chi connectivity index (χ1n) is 9.71. The van der Waals surface area contributed by atoms with E-state index >= 15 is 0 Å². The molecule has 4 rings (SSSR count). The second-order valence-corrected chi connectivity index (χ2v) is 8.17. The smallest absolute Gasteiger partial charge is 0.270 e. The molecule has 0 spiro atoms. The molecule has 0 aliphatic carbocycles. The second kappa shape index (κ2) is 8.65. The molecule has 1 fully saturated rings. The molecule has 2 aliphatic rings. The van der Waals surface area contributed by atoms with Crippen LogP contribution in [-0.4, -0.2) is 56.0 Å². The van der Waals surface area contributed by atoms with Crippen molar-refractivity contribution >= 4 is 23.5 Å². The number of fused-ring (bicyclic) bond motifs is 1. The summed E-state index contributed by atoms with van der Waals surface area (Å²) in [6.07, 6.45) is 1.54. The standard InChI is InChI=1S/C20H25N3O6S/c1-26-13-5-4-12(16(27-2)17(13)28-3)18-15-19(21-14(24)10-30-18)23(22-20(15)25)11-6-8-29-9-7-11/h4-5,11,18H,6-10H2,1-3H3,(H,21,24)(H,22,25)/t18-/m1/s1. The van der Waals surface area contributed by atoms with Gasteiger partial charge in [-0.2, -0.15) is 0 Å². The number of aromatic nitrogens is 2. The van der Waals surface area contributed by atoms with Gasteiger partial charge in [0.05, 0.1) is 43.9 Å². The quantitative estimate of drug-likeness (QED) is 0.743. The summed E-state index contributed by atoms with van der Waals surface area (Å²) in [5.41, 5.74) is 1.02. The highest BCUT2D eigenvalue weighted by Crippen LogP contribution is 2.49. The molecule has 1 amide bonds. The van der Waals surface area contributed by atoms with E-state index in [0.29, 0.717) is 41.8 Å². The fourth-order valence-corrected chi connectivity index (χ4v) is 5.18. The molecular formula is C20H25N3O6S. The molecule has 0 bridgehead atoms. The van der Waals surface area contributed by atoms with Crippen molar-refractivity contribution in [2.75, 3.05) is 45.6 Å². The van der Waals surface area contributed by atoms with Gasteiger partial charge in [0.15, 0.2) is 11.5 Å². The van der Waals surface area contributed by atoms with Gasteiger partial charge in [0.25, 0.3) is 5.56 Å².